The Morgan fingerprint density at radius 2 is 1.89 bits per heavy atom. The molecule has 0 spiro atoms. The predicted molar refractivity (Wildman–Crippen MR) is 130 cm³/mol. The molecule has 2 aromatic rings. The molecule has 2 aromatic carbocycles. The molecule has 0 aromatic heterocycles. The number of halogens is 4. The van der Waals surface area contributed by atoms with Gasteiger partial charge in [-0.1, -0.05) is 32.9 Å². The number of hydrogen-bond acceptors (Lipinski definition) is 5. The maximum Gasteiger partial charge on any atom is 0.417 e. The molecule has 3 rings (SSSR count). The van der Waals surface area contributed by atoms with Crippen molar-refractivity contribution in [2.24, 2.45) is 10.2 Å². The van der Waals surface area contributed by atoms with Gasteiger partial charge in [-0.05, 0) is 49.3 Å². The van der Waals surface area contributed by atoms with Crippen LogP contribution in [-0.2, 0) is 11.0 Å². The first kappa shape index (κ1) is 27.3. The summed E-state index contributed by atoms with van der Waals surface area (Å²) in [6.45, 7) is 11.6. The average molecular weight is 521 g/mol. The number of anilines is 1. The van der Waals surface area contributed by atoms with Gasteiger partial charge in [0.2, 0.25) is 0 Å². The number of alkyl halides is 3. The molecule has 36 heavy (non-hydrogen) atoms. The van der Waals surface area contributed by atoms with Crippen molar-refractivity contribution in [3.63, 3.8) is 0 Å². The molecule has 0 aliphatic carbocycles. The highest BCUT2D eigenvalue weighted by molar-refractivity contribution is 6.74. The van der Waals surface area contributed by atoms with Gasteiger partial charge in [0.15, 0.2) is 11.4 Å². The fourth-order valence-corrected chi connectivity index (χ4v) is 4.52. The second-order valence-electron chi connectivity index (χ2n) is 10.6. The number of benzene rings is 2. The average Bonchev–Trinajstić information content (AvgIpc) is 3.17. The zero-order valence-corrected chi connectivity index (χ0v) is 21.9. The molecule has 6 nitrogen and oxygen atoms in total. The van der Waals surface area contributed by atoms with Crippen LogP contribution in [0.15, 0.2) is 46.6 Å². The van der Waals surface area contributed by atoms with Gasteiger partial charge >= 0.3 is 6.18 Å². The van der Waals surface area contributed by atoms with Gasteiger partial charge in [-0.15, -0.1) is 0 Å². The maximum atomic E-state index is 14.9. The number of nitriles is 1. The molecule has 1 aliphatic rings. The molecule has 0 saturated heterocycles. The second kappa shape index (κ2) is 9.31. The summed E-state index contributed by atoms with van der Waals surface area (Å²) in [6.07, 6.45) is -4.69. The van der Waals surface area contributed by atoms with Gasteiger partial charge < -0.3 is 9.74 Å². The minimum atomic E-state index is -4.76. The van der Waals surface area contributed by atoms with Crippen LogP contribution in [0.1, 0.15) is 56.8 Å². The predicted octanol–water partition coefficient (Wildman–Crippen LogP) is 7.39. The van der Waals surface area contributed by atoms with Gasteiger partial charge in [-0.25, -0.2) is 4.39 Å². The summed E-state index contributed by atoms with van der Waals surface area (Å²) in [7, 11) is -2.40. The van der Waals surface area contributed by atoms with Crippen molar-refractivity contribution >= 4 is 19.9 Å². The van der Waals surface area contributed by atoms with Gasteiger partial charge in [0, 0.05) is 17.7 Å². The lowest BCUT2D eigenvalue weighted by molar-refractivity contribution is -0.137. The van der Waals surface area contributed by atoms with Crippen LogP contribution in [0.4, 0.5) is 23.2 Å². The summed E-state index contributed by atoms with van der Waals surface area (Å²) < 4.78 is 61.0. The molecule has 0 saturated carbocycles. The Balaban J connectivity index is 1.85. The summed E-state index contributed by atoms with van der Waals surface area (Å²) in [5.41, 5.74) is -2.77. The van der Waals surface area contributed by atoms with Crippen molar-refractivity contribution in [1.29, 1.82) is 5.26 Å². The summed E-state index contributed by atoms with van der Waals surface area (Å²) in [4.78, 5) is 13.0. The molecule has 1 amide bonds. The Morgan fingerprint density at radius 1 is 1.22 bits per heavy atom. The molecule has 192 valence electrons. The van der Waals surface area contributed by atoms with E-state index in [0.717, 1.165) is 6.07 Å². The van der Waals surface area contributed by atoms with Gasteiger partial charge in [-0.3, -0.25) is 4.79 Å². The van der Waals surface area contributed by atoms with E-state index < -0.39 is 48.9 Å². The Labute approximate surface area is 208 Å². The Morgan fingerprint density at radius 3 is 2.47 bits per heavy atom. The van der Waals surface area contributed by atoms with E-state index in [1.165, 1.54) is 31.2 Å². The number of amides is 1. The van der Waals surface area contributed by atoms with Crippen LogP contribution < -0.4 is 9.74 Å². The van der Waals surface area contributed by atoms with Crippen molar-refractivity contribution in [3.8, 4) is 11.8 Å². The van der Waals surface area contributed by atoms with Gasteiger partial charge in [0.25, 0.3) is 14.2 Å². The van der Waals surface area contributed by atoms with Crippen molar-refractivity contribution < 1.29 is 26.8 Å². The van der Waals surface area contributed by atoms with Crippen LogP contribution in [0, 0.1) is 17.1 Å². The smallest absolute Gasteiger partial charge is 0.417 e. The molecule has 1 aliphatic heterocycles. The zero-order chi connectivity index (χ0) is 27.1. The molecular formula is C25H28F4N4O2Si. The van der Waals surface area contributed by atoms with Crippen LogP contribution in [-0.4, -0.2) is 19.8 Å². The third-order valence-electron chi connectivity index (χ3n) is 6.72. The summed E-state index contributed by atoms with van der Waals surface area (Å²) in [5.74, 6) is -1.13. The SMILES string of the molecule is CC1(C(=O)Nc2ccc(C#N)c(C(F)(F)F)c2)CC(c2cccc(F)c2O[Si](C)(C)C(C)(C)C)N=N1. The first-order chi connectivity index (χ1) is 16.5. The molecule has 2 unspecified atom stereocenters. The van der Waals surface area contributed by atoms with E-state index in [1.54, 1.807) is 6.07 Å². The molecule has 1 N–H and O–H groups in total. The van der Waals surface area contributed by atoms with E-state index in [4.69, 9.17) is 9.69 Å². The largest absolute Gasteiger partial charge is 0.541 e. The molecule has 1 heterocycles. The summed E-state index contributed by atoms with van der Waals surface area (Å²) in [5, 5.41) is 19.5. The number of rotatable bonds is 5. The summed E-state index contributed by atoms with van der Waals surface area (Å²) >= 11 is 0. The fourth-order valence-electron chi connectivity index (χ4n) is 3.49. The van der Waals surface area contributed by atoms with E-state index in [1.807, 2.05) is 33.9 Å². The minimum absolute atomic E-state index is 0.0680. The lowest BCUT2D eigenvalue weighted by Gasteiger charge is -2.37. The van der Waals surface area contributed by atoms with Crippen molar-refractivity contribution in [2.45, 2.75) is 70.0 Å². The van der Waals surface area contributed by atoms with Gasteiger partial charge in [0.1, 0.15) is 11.8 Å². The number of hydrogen-bond donors (Lipinski definition) is 1. The first-order valence-corrected chi connectivity index (χ1v) is 14.2. The number of nitrogens with one attached hydrogen (secondary N) is 1. The number of nitrogens with zero attached hydrogens (tertiary/aromatic N) is 3. The highest BCUT2D eigenvalue weighted by Crippen LogP contribution is 2.45. The van der Waals surface area contributed by atoms with E-state index in [-0.39, 0.29) is 22.9 Å². The highest BCUT2D eigenvalue weighted by Gasteiger charge is 2.44. The quantitative estimate of drug-likeness (QED) is 0.329. The fraction of sp³-hybridized carbons (Fsp3) is 0.440. The number of carbonyl (C=O) groups excluding carboxylic acids is 1. The Hall–Kier alpha value is -3.26. The van der Waals surface area contributed by atoms with Crippen molar-refractivity contribution in [3.05, 3.63) is 58.9 Å². The van der Waals surface area contributed by atoms with Crippen LogP contribution >= 0.6 is 0 Å². The molecule has 11 heteroatoms. The molecule has 0 fully saturated rings. The normalized spacial score (nSPS) is 20.2. The van der Waals surface area contributed by atoms with Crippen molar-refractivity contribution in [2.75, 3.05) is 5.32 Å². The third kappa shape index (κ3) is 5.43. The molecular weight excluding hydrogens is 492 g/mol. The minimum Gasteiger partial charge on any atom is -0.541 e. The standard InChI is InChI=1S/C25H28F4N4O2Si/c1-23(2,3)36(5,6)35-21-17(8-7-9-19(21)26)20-13-24(4,33-32-20)22(34)31-16-11-10-15(14-30)18(12-16)25(27,28)29/h7-12,20H,13H2,1-6H3,(H,31,34). The maximum absolute atomic E-state index is 14.9. The zero-order valence-electron chi connectivity index (χ0n) is 20.9. The lowest BCUT2D eigenvalue weighted by atomic mass is 9.91. The van der Waals surface area contributed by atoms with Crippen LogP contribution in [0.2, 0.25) is 18.1 Å². The van der Waals surface area contributed by atoms with Crippen molar-refractivity contribution in [1.82, 2.24) is 0 Å². The van der Waals surface area contributed by atoms with E-state index in [9.17, 15) is 22.4 Å². The van der Waals surface area contributed by atoms with Crippen LogP contribution in [0.5, 0.6) is 5.75 Å². The molecule has 0 bridgehead atoms. The molecule has 2 atom stereocenters. The second-order valence-corrected chi connectivity index (χ2v) is 15.3. The summed E-state index contributed by atoms with van der Waals surface area (Å²) in [6, 6.07) is 8.25. The van der Waals surface area contributed by atoms with E-state index in [2.05, 4.69) is 15.5 Å². The third-order valence-corrected chi connectivity index (χ3v) is 11.0. The van der Waals surface area contributed by atoms with Crippen LogP contribution in [0.3, 0.4) is 0 Å². The van der Waals surface area contributed by atoms with E-state index >= 15 is 0 Å². The molecule has 0 radical (unpaired) electrons. The first-order valence-electron chi connectivity index (χ1n) is 11.3. The van der Waals surface area contributed by atoms with E-state index in [0.29, 0.717) is 11.6 Å². The number of carbonyl (C=O) groups is 1. The Bertz CT molecular complexity index is 1250. The number of para-hydroxylation sites is 1. The lowest BCUT2D eigenvalue weighted by Crippen LogP contribution is -2.44. The van der Waals surface area contributed by atoms with Gasteiger partial charge in [0.05, 0.1) is 17.2 Å². The number of azo groups is 1. The van der Waals surface area contributed by atoms with Crippen LogP contribution in [0.25, 0.3) is 0 Å². The highest BCUT2D eigenvalue weighted by atomic mass is 28.4. The van der Waals surface area contributed by atoms with Gasteiger partial charge in [-0.2, -0.15) is 28.7 Å². The Kier molecular flexibility index (Phi) is 7.07. The topological polar surface area (TPSA) is 86.8 Å². The monoisotopic (exact) mass is 520 g/mol.